The number of rotatable bonds is 7. The summed E-state index contributed by atoms with van der Waals surface area (Å²) in [6.07, 6.45) is 8.42. The molecule has 1 fully saturated rings. The zero-order valence-corrected chi connectivity index (χ0v) is 20.1. The number of amides is 2. The van der Waals surface area contributed by atoms with E-state index in [9.17, 15) is 14.4 Å². The molecule has 1 saturated carbocycles. The molecule has 1 aromatic carbocycles. The molecule has 38 heavy (non-hydrogen) atoms. The number of benzene rings is 1. The largest absolute Gasteiger partial charge is 0.454 e. The predicted molar refractivity (Wildman–Crippen MR) is 141 cm³/mol. The van der Waals surface area contributed by atoms with E-state index in [0.717, 1.165) is 12.8 Å². The first-order valence-electron chi connectivity index (χ1n) is 12.1. The molecule has 10 heteroatoms. The van der Waals surface area contributed by atoms with Crippen molar-refractivity contribution in [2.24, 2.45) is 5.92 Å². The number of hydrogen-bond acceptors (Lipinski definition) is 6. The van der Waals surface area contributed by atoms with Crippen molar-refractivity contribution in [1.82, 2.24) is 18.9 Å². The number of imidazole rings is 1. The number of hydrogen-bond donors (Lipinski definition) is 2. The monoisotopic (exact) mass is 506 g/mol. The van der Waals surface area contributed by atoms with Gasteiger partial charge < -0.3 is 19.8 Å². The standard InChI is InChI=1S/C28H22N6O4/c35-26(18-8-9-18)32-24-17-33-16-21(11-13-25(33)30-24)38-20-10-12-23(29-15-20)31-27(36)22-7-4-14-34(28(22)37)19-5-2-1-3-6-19/h1-7,10-18H,8-9H2,(H,32,35)(H,29,31,36). The van der Waals surface area contributed by atoms with Crippen LogP contribution in [-0.4, -0.2) is 30.8 Å². The van der Waals surface area contributed by atoms with Gasteiger partial charge in [-0.2, -0.15) is 0 Å². The highest BCUT2D eigenvalue weighted by Gasteiger charge is 2.30. The summed E-state index contributed by atoms with van der Waals surface area (Å²) in [5, 5.41) is 5.49. The van der Waals surface area contributed by atoms with Gasteiger partial charge in [0.15, 0.2) is 5.82 Å². The van der Waals surface area contributed by atoms with E-state index in [1.54, 1.807) is 65.5 Å². The van der Waals surface area contributed by atoms with E-state index in [2.05, 4.69) is 20.6 Å². The quantitative estimate of drug-likeness (QED) is 0.340. The van der Waals surface area contributed by atoms with E-state index in [0.29, 0.717) is 28.7 Å². The number of carbonyl (C=O) groups is 2. The van der Waals surface area contributed by atoms with Crippen molar-refractivity contribution in [3.05, 3.63) is 107 Å². The van der Waals surface area contributed by atoms with E-state index in [1.165, 1.54) is 16.8 Å². The van der Waals surface area contributed by atoms with Gasteiger partial charge in [-0.05, 0) is 61.4 Å². The zero-order chi connectivity index (χ0) is 26.1. The van der Waals surface area contributed by atoms with Crippen molar-refractivity contribution >= 4 is 29.1 Å². The fourth-order valence-corrected chi connectivity index (χ4v) is 3.96. The number of ether oxygens (including phenoxy) is 1. The summed E-state index contributed by atoms with van der Waals surface area (Å²) < 4.78 is 9.07. The molecule has 1 aliphatic rings. The first kappa shape index (κ1) is 23.2. The van der Waals surface area contributed by atoms with E-state index >= 15 is 0 Å². The van der Waals surface area contributed by atoms with Crippen LogP contribution in [0.5, 0.6) is 11.5 Å². The molecular formula is C28H22N6O4. The number of nitrogens with zero attached hydrogens (tertiary/aromatic N) is 4. The molecule has 0 radical (unpaired) electrons. The lowest BCUT2D eigenvalue weighted by Crippen LogP contribution is -2.28. The van der Waals surface area contributed by atoms with Crippen molar-refractivity contribution in [3.63, 3.8) is 0 Å². The van der Waals surface area contributed by atoms with Crippen LogP contribution in [-0.2, 0) is 4.79 Å². The highest BCUT2D eigenvalue weighted by Crippen LogP contribution is 2.30. The molecule has 5 aromatic rings. The minimum atomic E-state index is -0.559. The maximum absolute atomic E-state index is 12.9. The number of aromatic nitrogens is 4. The van der Waals surface area contributed by atoms with E-state index in [-0.39, 0.29) is 23.2 Å². The Kier molecular flexibility index (Phi) is 5.89. The Morgan fingerprint density at radius 2 is 1.68 bits per heavy atom. The lowest BCUT2D eigenvalue weighted by Gasteiger charge is -2.09. The van der Waals surface area contributed by atoms with E-state index in [1.807, 2.05) is 18.2 Å². The lowest BCUT2D eigenvalue weighted by molar-refractivity contribution is -0.117. The SMILES string of the molecule is O=C(Nc1ccc(Oc2ccc3nc(NC(=O)C4CC4)cn3c2)cn1)c1cccn(-c2ccccc2)c1=O. The maximum atomic E-state index is 12.9. The van der Waals surface area contributed by atoms with Crippen molar-refractivity contribution in [2.75, 3.05) is 10.6 Å². The second-order valence-electron chi connectivity index (χ2n) is 8.89. The van der Waals surface area contributed by atoms with Gasteiger partial charge in [0.05, 0.1) is 18.6 Å². The van der Waals surface area contributed by atoms with Crippen molar-refractivity contribution < 1.29 is 14.3 Å². The number of nitrogens with one attached hydrogen (secondary N) is 2. The van der Waals surface area contributed by atoms with Gasteiger partial charge in [0.25, 0.3) is 11.5 Å². The number of fused-ring (bicyclic) bond motifs is 1. The van der Waals surface area contributed by atoms with E-state index in [4.69, 9.17) is 4.74 Å². The second kappa shape index (κ2) is 9.66. The molecule has 188 valence electrons. The normalized spacial score (nSPS) is 12.7. The Bertz CT molecular complexity index is 1710. The Hall–Kier alpha value is -5.25. The molecule has 0 spiro atoms. The lowest BCUT2D eigenvalue weighted by atomic mass is 10.2. The second-order valence-corrected chi connectivity index (χ2v) is 8.89. The van der Waals surface area contributed by atoms with Gasteiger partial charge >= 0.3 is 0 Å². The first-order valence-corrected chi connectivity index (χ1v) is 12.1. The minimum absolute atomic E-state index is 0.000181. The number of carbonyl (C=O) groups excluding carboxylic acids is 2. The number of para-hydroxylation sites is 1. The minimum Gasteiger partial charge on any atom is -0.454 e. The summed E-state index contributed by atoms with van der Waals surface area (Å²) in [7, 11) is 0. The average Bonchev–Trinajstić information content (AvgIpc) is 3.71. The fraction of sp³-hybridized carbons (Fsp3) is 0.107. The van der Waals surface area contributed by atoms with Crippen LogP contribution in [0.2, 0.25) is 0 Å². The van der Waals surface area contributed by atoms with Crippen molar-refractivity contribution in [3.8, 4) is 17.2 Å². The third-order valence-electron chi connectivity index (χ3n) is 6.06. The Balaban J connectivity index is 1.13. The molecule has 0 bridgehead atoms. The zero-order valence-electron chi connectivity index (χ0n) is 20.1. The third-order valence-corrected chi connectivity index (χ3v) is 6.06. The first-order chi connectivity index (χ1) is 18.5. The van der Waals surface area contributed by atoms with Gasteiger partial charge in [-0.1, -0.05) is 18.2 Å². The van der Waals surface area contributed by atoms with Crippen LogP contribution in [0.3, 0.4) is 0 Å². The molecule has 0 aliphatic heterocycles. The molecule has 0 unspecified atom stereocenters. The molecule has 2 N–H and O–H groups in total. The smallest absolute Gasteiger partial charge is 0.267 e. The van der Waals surface area contributed by atoms with Crippen LogP contribution < -0.4 is 20.9 Å². The summed E-state index contributed by atoms with van der Waals surface area (Å²) in [5.74, 6) is 1.30. The summed E-state index contributed by atoms with van der Waals surface area (Å²) in [6.45, 7) is 0. The molecule has 1 aliphatic carbocycles. The van der Waals surface area contributed by atoms with Gasteiger partial charge in [0.2, 0.25) is 5.91 Å². The summed E-state index contributed by atoms with van der Waals surface area (Å²) in [6, 6.07) is 19.0. The van der Waals surface area contributed by atoms with Gasteiger partial charge in [-0.15, -0.1) is 0 Å². The van der Waals surface area contributed by atoms with Gasteiger partial charge in [0, 0.05) is 17.8 Å². The van der Waals surface area contributed by atoms with Gasteiger partial charge in [-0.3, -0.25) is 19.0 Å². The number of anilines is 2. The number of pyridine rings is 3. The summed E-state index contributed by atoms with van der Waals surface area (Å²) in [5.41, 5.74) is 0.910. The van der Waals surface area contributed by atoms with Crippen molar-refractivity contribution in [2.45, 2.75) is 12.8 Å². The summed E-state index contributed by atoms with van der Waals surface area (Å²) in [4.78, 5) is 46.3. The van der Waals surface area contributed by atoms with Crippen LogP contribution in [0.1, 0.15) is 23.2 Å². The Morgan fingerprint density at radius 1 is 0.868 bits per heavy atom. The topological polar surface area (TPSA) is 120 Å². The van der Waals surface area contributed by atoms with E-state index < -0.39 is 11.5 Å². The van der Waals surface area contributed by atoms with Crippen molar-refractivity contribution in [1.29, 1.82) is 0 Å². The summed E-state index contributed by atoms with van der Waals surface area (Å²) >= 11 is 0. The molecule has 10 nitrogen and oxygen atoms in total. The molecule has 0 atom stereocenters. The molecule has 6 rings (SSSR count). The molecule has 0 saturated heterocycles. The Labute approximate surface area is 216 Å². The third kappa shape index (κ3) is 4.87. The fourth-order valence-electron chi connectivity index (χ4n) is 3.96. The van der Waals surface area contributed by atoms with Crippen LogP contribution in [0.25, 0.3) is 11.3 Å². The van der Waals surface area contributed by atoms with Crippen LogP contribution in [0.15, 0.2) is 96.3 Å². The molecule has 4 heterocycles. The van der Waals surface area contributed by atoms with Crippen LogP contribution in [0.4, 0.5) is 11.6 Å². The maximum Gasteiger partial charge on any atom is 0.267 e. The molecular weight excluding hydrogens is 484 g/mol. The predicted octanol–water partition coefficient (Wildman–Crippen LogP) is 4.27. The highest BCUT2D eigenvalue weighted by atomic mass is 16.5. The molecule has 4 aromatic heterocycles. The highest BCUT2D eigenvalue weighted by molar-refractivity contribution is 6.03. The average molecular weight is 507 g/mol. The molecule has 2 amide bonds. The van der Waals surface area contributed by atoms with Crippen LogP contribution in [0, 0.1) is 5.92 Å². The van der Waals surface area contributed by atoms with Gasteiger partial charge in [0.1, 0.15) is 28.5 Å². The van der Waals surface area contributed by atoms with Crippen LogP contribution >= 0.6 is 0 Å². The van der Waals surface area contributed by atoms with Gasteiger partial charge in [-0.25, -0.2) is 9.97 Å². The Morgan fingerprint density at radius 3 is 2.45 bits per heavy atom.